The number of fused-ring (bicyclic) bond motifs is 2. The molecule has 0 unspecified atom stereocenters. The minimum absolute atomic E-state index is 0.0413. The highest BCUT2D eigenvalue weighted by atomic mass is 32.3. The molecule has 1 saturated carbocycles. The second-order valence-electron chi connectivity index (χ2n) is 8.83. The summed E-state index contributed by atoms with van der Waals surface area (Å²) in [7, 11) is -3.75. The Balaban J connectivity index is 1.51. The summed E-state index contributed by atoms with van der Waals surface area (Å²) >= 11 is 0. The van der Waals surface area contributed by atoms with E-state index in [0.717, 1.165) is 25.7 Å². The number of aromatic nitrogens is 3. The molecule has 2 aromatic heterocycles. The quantitative estimate of drug-likeness (QED) is 0.385. The minimum atomic E-state index is -4.58. The van der Waals surface area contributed by atoms with Crippen molar-refractivity contribution in [1.29, 1.82) is 5.26 Å². The summed E-state index contributed by atoms with van der Waals surface area (Å²) in [6.45, 7) is -1.73. The molecule has 2 atom stereocenters. The molecule has 0 saturated heterocycles. The van der Waals surface area contributed by atoms with Gasteiger partial charge in [-0.2, -0.15) is 27.8 Å². The number of benzene rings is 1. The van der Waals surface area contributed by atoms with Crippen LogP contribution in [0.1, 0.15) is 37.3 Å². The molecule has 0 amide bonds. The van der Waals surface area contributed by atoms with Crippen LogP contribution in [0, 0.1) is 17.2 Å². The number of nitrogens with zero attached hydrogens (tertiary/aromatic N) is 4. The van der Waals surface area contributed by atoms with Crippen molar-refractivity contribution in [2.45, 2.75) is 49.3 Å². The fourth-order valence-corrected chi connectivity index (χ4v) is 6.59. The zero-order chi connectivity index (χ0) is 25.0. The van der Waals surface area contributed by atoms with E-state index in [9.17, 15) is 32.3 Å². The van der Waals surface area contributed by atoms with Crippen LogP contribution in [-0.4, -0.2) is 40.9 Å². The predicted octanol–water partition coefficient (Wildman–Crippen LogP) is 5.13. The molecule has 2 aliphatic rings. The number of halogens is 3. The van der Waals surface area contributed by atoms with E-state index < -0.39 is 23.5 Å². The zero-order valence-corrected chi connectivity index (χ0v) is 19.2. The Morgan fingerprint density at radius 1 is 1.26 bits per heavy atom. The smallest absolute Gasteiger partial charge is 0.338 e. The van der Waals surface area contributed by atoms with Gasteiger partial charge in [-0.15, -0.1) is 10.8 Å². The summed E-state index contributed by atoms with van der Waals surface area (Å²) < 4.78 is 61.8. The highest BCUT2D eigenvalue weighted by Gasteiger charge is 2.42. The van der Waals surface area contributed by atoms with Gasteiger partial charge in [0.2, 0.25) is 0 Å². The van der Waals surface area contributed by atoms with Crippen molar-refractivity contribution < 1.29 is 22.3 Å². The Kier molecular flexibility index (Phi) is 5.79. The van der Waals surface area contributed by atoms with Gasteiger partial charge < -0.3 is 10.3 Å². The second-order valence-corrected chi connectivity index (χ2v) is 10.8. The molecule has 1 aliphatic heterocycles. The first-order valence-electron chi connectivity index (χ1n) is 11.1. The molecule has 0 spiro atoms. The van der Waals surface area contributed by atoms with Crippen LogP contribution in [-0.2, 0) is 6.54 Å². The predicted molar refractivity (Wildman–Crippen MR) is 124 cm³/mol. The fourth-order valence-electron chi connectivity index (χ4n) is 4.94. The molecule has 1 fully saturated rings. The van der Waals surface area contributed by atoms with Gasteiger partial charge in [0.25, 0.3) is 5.56 Å². The van der Waals surface area contributed by atoms with Gasteiger partial charge in [0.15, 0.2) is 5.82 Å². The lowest BCUT2D eigenvalue weighted by Crippen LogP contribution is -2.32. The van der Waals surface area contributed by atoms with Crippen LogP contribution < -0.4 is 10.9 Å². The maximum Gasteiger partial charge on any atom is 0.403 e. The molecule has 1 aliphatic carbocycles. The van der Waals surface area contributed by atoms with Crippen LogP contribution in [0.2, 0.25) is 0 Å². The maximum atomic E-state index is 12.9. The zero-order valence-electron chi connectivity index (χ0n) is 18.4. The molecule has 1 aromatic carbocycles. The maximum absolute atomic E-state index is 12.9. The number of H-pyrrole nitrogens is 1. The van der Waals surface area contributed by atoms with Gasteiger partial charge in [0.05, 0.1) is 28.4 Å². The number of hydrogen-bond donors (Lipinski definition) is 4. The van der Waals surface area contributed by atoms with Crippen molar-refractivity contribution in [2.24, 2.45) is 5.92 Å². The Labute approximate surface area is 199 Å². The van der Waals surface area contributed by atoms with Gasteiger partial charge >= 0.3 is 6.18 Å². The van der Waals surface area contributed by atoms with Gasteiger partial charge in [-0.1, -0.05) is 12.8 Å². The molecule has 0 bridgehead atoms. The molecule has 3 aromatic rings. The monoisotopic (exact) mass is 508 g/mol. The number of nitriles is 1. The van der Waals surface area contributed by atoms with E-state index in [0.29, 0.717) is 26.5 Å². The molecular formula is C22H23F3N6O3S. The average molecular weight is 509 g/mol. The Morgan fingerprint density at radius 3 is 2.77 bits per heavy atom. The van der Waals surface area contributed by atoms with Crippen LogP contribution in [0.4, 0.5) is 24.7 Å². The van der Waals surface area contributed by atoms with E-state index >= 15 is 0 Å². The number of alkyl halides is 3. The fraction of sp³-hybridized carbons (Fsp3) is 0.409. The lowest BCUT2D eigenvalue weighted by atomic mass is 9.85. The van der Waals surface area contributed by atoms with Crippen molar-refractivity contribution in [3.8, 4) is 6.07 Å². The Bertz CT molecular complexity index is 1380. The summed E-state index contributed by atoms with van der Waals surface area (Å²) in [4.78, 5) is 15.4. The molecule has 186 valence electrons. The average Bonchev–Trinajstić information content (AvgIpc) is 3.28. The third kappa shape index (κ3) is 4.27. The molecule has 5 rings (SSSR count). The third-order valence-electron chi connectivity index (χ3n) is 6.52. The van der Waals surface area contributed by atoms with Gasteiger partial charge in [0.1, 0.15) is 11.9 Å². The Morgan fingerprint density at radius 2 is 2.03 bits per heavy atom. The van der Waals surface area contributed by atoms with Gasteiger partial charge in [-0.3, -0.25) is 18.6 Å². The van der Waals surface area contributed by atoms with Crippen molar-refractivity contribution in [3.05, 3.63) is 46.4 Å². The number of pyridine rings is 1. The summed E-state index contributed by atoms with van der Waals surface area (Å²) in [5, 5.41) is 17.6. The second kappa shape index (κ2) is 8.56. The summed E-state index contributed by atoms with van der Waals surface area (Å²) in [5.41, 5.74) is 0.985. The first-order valence-corrected chi connectivity index (χ1v) is 12.6. The van der Waals surface area contributed by atoms with Gasteiger partial charge in [0, 0.05) is 18.4 Å². The normalized spacial score (nSPS) is 23.1. The number of aromatic amines is 1. The highest BCUT2D eigenvalue weighted by Crippen LogP contribution is 2.59. The highest BCUT2D eigenvalue weighted by molar-refractivity contribution is 8.22. The first kappa shape index (κ1) is 23.7. The van der Waals surface area contributed by atoms with E-state index in [2.05, 4.69) is 21.5 Å². The molecule has 0 radical (unpaired) electrons. The Hall–Kier alpha value is -3.05. The minimum Gasteiger partial charge on any atom is -0.338 e. The van der Waals surface area contributed by atoms with E-state index in [-0.39, 0.29) is 34.8 Å². The van der Waals surface area contributed by atoms with Gasteiger partial charge in [-0.05, 0) is 42.7 Å². The number of anilines is 2. The summed E-state index contributed by atoms with van der Waals surface area (Å²) in [6, 6.07) is 8.30. The number of hydrogen-bond acceptors (Lipinski definition) is 7. The van der Waals surface area contributed by atoms with E-state index in [1.807, 2.05) is 0 Å². The third-order valence-corrected chi connectivity index (χ3v) is 8.49. The van der Waals surface area contributed by atoms with Crippen LogP contribution in [0.3, 0.4) is 0 Å². The SMILES string of the molecule is N#C[C@H]1CCCC[C@@H]1n1nc(Nc2ccc3c(c2)CN(CC(F)(F)F)S3(O)O)c2c(=O)[nH]ccc21. The molecular weight excluding hydrogens is 485 g/mol. The van der Waals surface area contributed by atoms with Crippen LogP contribution >= 0.6 is 10.8 Å². The lowest BCUT2D eigenvalue weighted by Gasteiger charge is -2.37. The van der Waals surface area contributed by atoms with Crippen LogP contribution in [0.15, 0.2) is 40.2 Å². The lowest BCUT2D eigenvalue weighted by molar-refractivity contribution is -0.137. The standard InChI is InChI=1S/C22H23F3N6O3S/c23-22(24,25)12-30-11-14-9-15(5-6-18(14)35(30,33)34)28-20-19-17(7-8-27-21(19)32)31(29-20)16-4-2-1-3-13(16)10-26/h5-9,13,16,33-34H,1-4,11-12H2,(H,27,32)(H,28,29)/t13-,16+/m1/s1. The largest absolute Gasteiger partial charge is 0.403 e. The van der Waals surface area contributed by atoms with Crippen molar-refractivity contribution in [2.75, 3.05) is 11.9 Å². The molecule has 35 heavy (non-hydrogen) atoms. The van der Waals surface area contributed by atoms with Gasteiger partial charge in [-0.25, -0.2) is 0 Å². The van der Waals surface area contributed by atoms with Crippen molar-refractivity contribution in [1.82, 2.24) is 19.1 Å². The van der Waals surface area contributed by atoms with Crippen LogP contribution in [0.5, 0.6) is 0 Å². The van der Waals surface area contributed by atoms with Crippen LogP contribution in [0.25, 0.3) is 10.9 Å². The van der Waals surface area contributed by atoms with E-state index in [1.54, 1.807) is 10.7 Å². The molecule has 9 nitrogen and oxygen atoms in total. The summed E-state index contributed by atoms with van der Waals surface area (Å²) in [5.74, 6) is 0.0182. The number of rotatable bonds is 4. The van der Waals surface area contributed by atoms with E-state index in [4.69, 9.17) is 0 Å². The van der Waals surface area contributed by atoms with Crippen molar-refractivity contribution >= 4 is 33.2 Å². The first-order chi connectivity index (χ1) is 16.6. The topological polar surface area (TPSA) is 130 Å². The number of nitrogens with one attached hydrogen (secondary N) is 2. The van der Waals surface area contributed by atoms with E-state index in [1.165, 1.54) is 24.4 Å². The summed E-state index contributed by atoms with van der Waals surface area (Å²) in [6.07, 6.45) is 0.348. The molecule has 13 heteroatoms. The van der Waals surface area contributed by atoms with Crippen molar-refractivity contribution in [3.63, 3.8) is 0 Å². The molecule has 4 N–H and O–H groups in total. The molecule has 3 heterocycles.